The normalized spacial score (nSPS) is 10.9. The number of unbranched alkanes of at least 4 members (excludes halogenated alkanes) is 1. The molecule has 0 fully saturated rings. The van der Waals surface area contributed by atoms with Crippen LogP contribution in [-0.2, 0) is 11.2 Å². The number of furan rings is 1. The van der Waals surface area contributed by atoms with Crippen LogP contribution in [0.2, 0.25) is 0 Å². The molecule has 0 bridgehead atoms. The zero-order valence-corrected chi connectivity index (χ0v) is 11.9. The first-order chi connectivity index (χ1) is 9.49. The summed E-state index contributed by atoms with van der Waals surface area (Å²) in [6, 6.07) is 0. The summed E-state index contributed by atoms with van der Waals surface area (Å²) in [5.41, 5.74) is 1.86. The molecule has 0 atom stereocenters. The molecule has 2 heterocycles. The Morgan fingerprint density at radius 1 is 1.10 bits per heavy atom. The van der Waals surface area contributed by atoms with Gasteiger partial charge in [0.05, 0.1) is 5.56 Å². The Morgan fingerprint density at radius 2 is 1.85 bits per heavy atom. The van der Waals surface area contributed by atoms with Crippen molar-refractivity contribution in [2.24, 2.45) is 0 Å². The first-order valence-corrected chi connectivity index (χ1v) is 6.60. The minimum Gasteiger partial charge on any atom is -0.481 e. The second kappa shape index (κ2) is 5.90. The van der Waals surface area contributed by atoms with Gasteiger partial charge in [-0.05, 0) is 33.6 Å². The summed E-state index contributed by atoms with van der Waals surface area (Å²) >= 11 is 0. The predicted octanol–water partition coefficient (Wildman–Crippen LogP) is 3.05. The molecule has 0 saturated carbocycles. The van der Waals surface area contributed by atoms with Gasteiger partial charge >= 0.3 is 5.97 Å². The highest BCUT2D eigenvalue weighted by molar-refractivity contribution is 5.66. The van der Waals surface area contributed by atoms with Crippen LogP contribution < -0.4 is 0 Å². The van der Waals surface area contributed by atoms with Crippen molar-refractivity contribution in [3.05, 3.63) is 23.0 Å². The predicted molar refractivity (Wildman–Crippen MR) is 71.4 cm³/mol. The monoisotopic (exact) mass is 278 g/mol. The summed E-state index contributed by atoms with van der Waals surface area (Å²) in [5.74, 6) is 1.82. The number of hydrogen-bond acceptors (Lipinski definition) is 5. The van der Waals surface area contributed by atoms with Gasteiger partial charge in [0.2, 0.25) is 5.89 Å². The second-order valence-electron chi connectivity index (χ2n) is 4.82. The lowest BCUT2D eigenvalue weighted by atomic mass is 10.1. The van der Waals surface area contributed by atoms with E-state index in [-0.39, 0.29) is 6.42 Å². The summed E-state index contributed by atoms with van der Waals surface area (Å²) in [7, 11) is 0. The first-order valence-electron chi connectivity index (χ1n) is 6.60. The van der Waals surface area contributed by atoms with Gasteiger partial charge in [0.1, 0.15) is 11.5 Å². The maximum absolute atomic E-state index is 10.4. The van der Waals surface area contributed by atoms with Gasteiger partial charge in [-0.25, -0.2) is 0 Å². The van der Waals surface area contributed by atoms with Crippen LogP contribution in [0, 0.1) is 20.8 Å². The maximum Gasteiger partial charge on any atom is 0.303 e. The third-order valence-corrected chi connectivity index (χ3v) is 3.27. The third-order valence-electron chi connectivity index (χ3n) is 3.27. The van der Waals surface area contributed by atoms with Gasteiger partial charge in [0.15, 0.2) is 0 Å². The molecule has 0 aliphatic carbocycles. The van der Waals surface area contributed by atoms with E-state index in [9.17, 15) is 4.79 Å². The molecule has 2 rings (SSSR count). The third kappa shape index (κ3) is 3.07. The summed E-state index contributed by atoms with van der Waals surface area (Å²) < 4.78 is 11.2. The SMILES string of the molecule is Cc1oc(C)c(-c2nnc(CCCCC(=O)O)o2)c1C. The quantitative estimate of drug-likeness (QED) is 0.817. The fourth-order valence-corrected chi connectivity index (χ4v) is 2.12. The lowest BCUT2D eigenvalue weighted by molar-refractivity contribution is -0.137. The van der Waals surface area contributed by atoms with Gasteiger partial charge in [0.25, 0.3) is 5.89 Å². The van der Waals surface area contributed by atoms with Crippen LogP contribution in [0.25, 0.3) is 11.5 Å². The first kappa shape index (κ1) is 14.3. The van der Waals surface area contributed by atoms with Crippen molar-refractivity contribution < 1.29 is 18.7 Å². The minimum absolute atomic E-state index is 0.167. The molecular formula is C14H18N2O4. The van der Waals surface area contributed by atoms with Crippen molar-refractivity contribution in [1.29, 1.82) is 0 Å². The number of carboxylic acid groups (broad SMARTS) is 1. The Labute approximate surface area is 116 Å². The Kier molecular flexibility index (Phi) is 4.22. The summed E-state index contributed by atoms with van der Waals surface area (Å²) in [4.78, 5) is 10.4. The second-order valence-corrected chi connectivity index (χ2v) is 4.82. The smallest absolute Gasteiger partial charge is 0.303 e. The molecule has 2 aromatic rings. The molecule has 108 valence electrons. The largest absolute Gasteiger partial charge is 0.481 e. The van der Waals surface area contributed by atoms with Crippen LogP contribution in [-0.4, -0.2) is 21.3 Å². The van der Waals surface area contributed by atoms with Crippen LogP contribution in [0.3, 0.4) is 0 Å². The van der Waals surface area contributed by atoms with E-state index in [0.717, 1.165) is 29.1 Å². The van der Waals surface area contributed by atoms with Crippen LogP contribution in [0.1, 0.15) is 42.2 Å². The van der Waals surface area contributed by atoms with Crippen molar-refractivity contribution in [3.63, 3.8) is 0 Å². The van der Waals surface area contributed by atoms with E-state index in [4.69, 9.17) is 13.9 Å². The van der Waals surface area contributed by atoms with Gasteiger partial charge in [-0.1, -0.05) is 0 Å². The molecule has 1 N–H and O–H groups in total. The highest BCUT2D eigenvalue weighted by atomic mass is 16.4. The Hall–Kier alpha value is -2.11. The maximum atomic E-state index is 10.4. The zero-order chi connectivity index (χ0) is 14.7. The van der Waals surface area contributed by atoms with Crippen LogP contribution in [0.15, 0.2) is 8.83 Å². The van der Waals surface area contributed by atoms with Crippen LogP contribution in [0.5, 0.6) is 0 Å². The molecule has 0 saturated heterocycles. The summed E-state index contributed by atoms with van der Waals surface area (Å²) in [6.45, 7) is 5.72. The van der Waals surface area contributed by atoms with E-state index in [1.807, 2.05) is 20.8 Å². The van der Waals surface area contributed by atoms with E-state index in [2.05, 4.69) is 10.2 Å². The zero-order valence-electron chi connectivity index (χ0n) is 11.9. The lowest BCUT2D eigenvalue weighted by Crippen LogP contribution is -1.95. The molecule has 0 aliphatic heterocycles. The molecule has 0 spiro atoms. The average Bonchev–Trinajstić information content (AvgIpc) is 2.91. The topological polar surface area (TPSA) is 89.4 Å². The van der Waals surface area contributed by atoms with Crippen molar-refractivity contribution in [3.8, 4) is 11.5 Å². The fourth-order valence-electron chi connectivity index (χ4n) is 2.12. The number of aliphatic carboxylic acids is 1. The van der Waals surface area contributed by atoms with Gasteiger partial charge in [-0.2, -0.15) is 0 Å². The molecular weight excluding hydrogens is 260 g/mol. The van der Waals surface area contributed by atoms with Crippen LogP contribution in [0.4, 0.5) is 0 Å². The number of aryl methyl sites for hydroxylation is 3. The number of rotatable bonds is 6. The van der Waals surface area contributed by atoms with E-state index < -0.39 is 5.97 Å². The molecule has 20 heavy (non-hydrogen) atoms. The Balaban J connectivity index is 2.03. The summed E-state index contributed by atoms with van der Waals surface area (Å²) in [5, 5.41) is 16.6. The van der Waals surface area contributed by atoms with Crippen molar-refractivity contribution in [1.82, 2.24) is 10.2 Å². The molecule has 0 radical (unpaired) electrons. The van der Waals surface area contributed by atoms with Gasteiger partial charge < -0.3 is 13.9 Å². The highest BCUT2D eigenvalue weighted by Gasteiger charge is 2.18. The van der Waals surface area contributed by atoms with Gasteiger partial charge in [0, 0.05) is 18.4 Å². The van der Waals surface area contributed by atoms with E-state index >= 15 is 0 Å². The molecule has 0 unspecified atom stereocenters. The standard InChI is InChI=1S/C14H18N2O4/c1-8-9(2)19-10(3)13(8)14-16-15-11(20-14)6-4-5-7-12(17)18/h4-7H2,1-3H3,(H,17,18). The van der Waals surface area contributed by atoms with Crippen molar-refractivity contribution in [2.45, 2.75) is 46.5 Å². The Morgan fingerprint density at radius 3 is 2.45 bits per heavy atom. The molecule has 2 aromatic heterocycles. The number of nitrogens with zero attached hydrogens (tertiary/aromatic N) is 2. The van der Waals surface area contributed by atoms with E-state index in [0.29, 0.717) is 24.6 Å². The average molecular weight is 278 g/mol. The highest BCUT2D eigenvalue weighted by Crippen LogP contribution is 2.30. The van der Waals surface area contributed by atoms with E-state index in [1.54, 1.807) is 0 Å². The molecule has 0 aliphatic rings. The molecule has 0 aromatic carbocycles. The van der Waals surface area contributed by atoms with E-state index in [1.165, 1.54) is 0 Å². The number of carboxylic acids is 1. The summed E-state index contributed by atoms with van der Waals surface area (Å²) in [6.07, 6.45) is 2.08. The molecule has 6 nitrogen and oxygen atoms in total. The molecule has 6 heteroatoms. The van der Waals surface area contributed by atoms with Gasteiger partial charge in [-0.3, -0.25) is 4.79 Å². The van der Waals surface area contributed by atoms with Gasteiger partial charge in [-0.15, -0.1) is 10.2 Å². The fraction of sp³-hybridized carbons (Fsp3) is 0.500. The Bertz CT molecular complexity index is 613. The number of aromatic nitrogens is 2. The number of hydrogen-bond donors (Lipinski definition) is 1. The number of carbonyl (C=O) groups is 1. The van der Waals surface area contributed by atoms with Crippen molar-refractivity contribution in [2.75, 3.05) is 0 Å². The van der Waals surface area contributed by atoms with Crippen LogP contribution >= 0.6 is 0 Å². The lowest BCUT2D eigenvalue weighted by Gasteiger charge is -1.95. The molecule has 0 amide bonds. The minimum atomic E-state index is -0.781. The van der Waals surface area contributed by atoms with Crippen molar-refractivity contribution >= 4 is 5.97 Å².